The Morgan fingerprint density at radius 1 is 1.57 bits per heavy atom. The zero-order valence-electron chi connectivity index (χ0n) is 4.85. The summed E-state index contributed by atoms with van der Waals surface area (Å²) in [6.07, 6.45) is 3.13. The molecule has 1 radical (unpaired) electrons. The lowest BCUT2D eigenvalue weighted by Gasteiger charge is -1.93. The zero-order valence-corrected chi connectivity index (χ0v) is 5.66. The Bertz CT molecular complexity index is 55.2. The molecule has 0 bridgehead atoms. The van der Waals surface area contributed by atoms with Crippen LogP contribution in [0.2, 0.25) is 0 Å². The van der Waals surface area contributed by atoms with Crippen LogP contribution >= 0.6 is 12.6 Å². The highest BCUT2D eigenvalue weighted by Gasteiger charge is 1.84. The second-order valence-electron chi connectivity index (χ2n) is 2.00. The molecule has 0 aromatic heterocycles. The van der Waals surface area contributed by atoms with Crippen LogP contribution in [0, 0.1) is 5.92 Å². The van der Waals surface area contributed by atoms with Crippen LogP contribution in [0.15, 0.2) is 11.5 Å². The average Bonchev–Trinajstić information content (AvgIpc) is 1.61. The zero-order chi connectivity index (χ0) is 5.70. The van der Waals surface area contributed by atoms with E-state index < -0.39 is 0 Å². The molecule has 0 aromatic carbocycles. The highest BCUT2D eigenvalue weighted by Crippen LogP contribution is 1.99. The first-order chi connectivity index (χ1) is 3.27. The van der Waals surface area contributed by atoms with Crippen LogP contribution < -0.4 is 0 Å². The molecule has 0 amide bonds. The summed E-state index contributed by atoms with van der Waals surface area (Å²) >= 11 is 4.59. The van der Waals surface area contributed by atoms with Crippen molar-refractivity contribution in [2.24, 2.45) is 5.92 Å². The van der Waals surface area contributed by atoms with Gasteiger partial charge in [0.2, 0.25) is 0 Å². The van der Waals surface area contributed by atoms with Crippen LogP contribution in [0.4, 0.5) is 0 Å². The fraction of sp³-hybridized carbons (Fsp3) is 0.667. The van der Waals surface area contributed by atoms with Crippen molar-refractivity contribution in [2.45, 2.75) is 20.3 Å². The molecule has 0 aliphatic heterocycles. The van der Waals surface area contributed by atoms with Crippen LogP contribution in [0.1, 0.15) is 20.3 Å². The van der Waals surface area contributed by atoms with E-state index in [0.29, 0.717) is 0 Å². The van der Waals surface area contributed by atoms with Gasteiger partial charge in [-0.25, -0.2) is 0 Å². The molecule has 0 spiro atoms. The van der Waals surface area contributed by atoms with E-state index in [4.69, 9.17) is 0 Å². The van der Waals surface area contributed by atoms with Gasteiger partial charge in [0.25, 0.3) is 0 Å². The van der Waals surface area contributed by atoms with Crippen molar-refractivity contribution in [1.82, 2.24) is 0 Å². The van der Waals surface area contributed by atoms with Gasteiger partial charge in [-0.3, -0.25) is 0 Å². The summed E-state index contributed by atoms with van der Waals surface area (Å²) in [5.74, 6) is 0.749. The van der Waals surface area contributed by atoms with Crippen molar-refractivity contribution in [3.63, 3.8) is 0 Å². The largest absolute Gasteiger partial charge is 0.0891 e. The van der Waals surface area contributed by atoms with Gasteiger partial charge < -0.3 is 0 Å². The summed E-state index contributed by atoms with van der Waals surface area (Å²) in [7, 11) is 0. The van der Waals surface area contributed by atoms with Crippen LogP contribution in [-0.2, 0) is 0 Å². The number of rotatable bonds is 2. The summed E-state index contributed by atoms with van der Waals surface area (Å²) in [6, 6.07) is 0. The Hall–Kier alpha value is -0.0400. The average molecular weight is 115 g/mol. The summed E-state index contributed by atoms with van der Waals surface area (Å²) < 4.78 is 0. The first-order valence-corrected chi connectivity index (χ1v) is 3.01. The van der Waals surface area contributed by atoms with Crippen LogP contribution in [0.5, 0.6) is 0 Å². The highest BCUT2D eigenvalue weighted by atomic mass is 32.1. The Morgan fingerprint density at radius 2 is 2.14 bits per heavy atom. The van der Waals surface area contributed by atoms with E-state index in [1.807, 2.05) is 6.08 Å². The molecule has 0 heterocycles. The van der Waals surface area contributed by atoms with Gasteiger partial charge in [0, 0.05) is 0 Å². The molecule has 0 atom stereocenters. The summed E-state index contributed by atoms with van der Waals surface area (Å²) in [5, 5.41) is 1.68. The number of allylic oxidation sites excluding steroid dienone is 1. The lowest BCUT2D eigenvalue weighted by atomic mass is 10.1. The maximum absolute atomic E-state index is 4.59. The van der Waals surface area contributed by atoms with Crippen molar-refractivity contribution >= 4 is 12.6 Å². The minimum atomic E-state index is 0.749. The standard InChI is InChI=1S/C6H11S/c1-6(2)4-3-5-7/h3,5-6H,4H2,1-2H3. The molecular formula is C6H11S. The van der Waals surface area contributed by atoms with E-state index in [1.165, 1.54) is 0 Å². The molecule has 41 valence electrons. The van der Waals surface area contributed by atoms with E-state index in [9.17, 15) is 0 Å². The Kier molecular flexibility index (Phi) is 4.10. The maximum atomic E-state index is 4.59. The molecule has 7 heavy (non-hydrogen) atoms. The molecule has 0 fully saturated rings. The van der Waals surface area contributed by atoms with Crippen LogP contribution in [0.25, 0.3) is 0 Å². The summed E-state index contributed by atoms with van der Waals surface area (Å²) in [5.41, 5.74) is 0. The van der Waals surface area contributed by atoms with Crippen LogP contribution in [0.3, 0.4) is 0 Å². The predicted molar refractivity (Wildman–Crippen MR) is 36.2 cm³/mol. The Morgan fingerprint density at radius 3 is 2.29 bits per heavy atom. The van der Waals surface area contributed by atoms with E-state index in [0.717, 1.165) is 12.3 Å². The second kappa shape index (κ2) is 4.13. The molecule has 0 saturated carbocycles. The first-order valence-electron chi connectivity index (χ1n) is 2.54. The van der Waals surface area contributed by atoms with E-state index in [2.05, 4.69) is 26.5 Å². The van der Waals surface area contributed by atoms with E-state index >= 15 is 0 Å². The molecule has 0 rings (SSSR count). The lowest BCUT2D eigenvalue weighted by molar-refractivity contribution is 0.664. The quantitative estimate of drug-likeness (QED) is 0.519. The van der Waals surface area contributed by atoms with Crippen molar-refractivity contribution in [3.8, 4) is 0 Å². The predicted octanol–water partition coefficient (Wildman–Crippen LogP) is 2.74. The molecule has 0 saturated heterocycles. The number of hydrogen-bond acceptors (Lipinski definition) is 0. The topological polar surface area (TPSA) is 0 Å². The van der Waals surface area contributed by atoms with E-state index in [-0.39, 0.29) is 0 Å². The molecule has 0 aromatic rings. The van der Waals surface area contributed by atoms with Crippen molar-refractivity contribution in [3.05, 3.63) is 11.5 Å². The monoisotopic (exact) mass is 115 g/mol. The normalized spacial score (nSPS) is 11.3. The van der Waals surface area contributed by atoms with Gasteiger partial charge >= 0.3 is 0 Å². The molecule has 0 aliphatic rings. The maximum Gasteiger partial charge on any atom is -0.00264 e. The SMILES string of the molecule is CC(C)CC=C[S]. The van der Waals surface area contributed by atoms with Gasteiger partial charge in [-0.1, -0.05) is 32.6 Å². The summed E-state index contributed by atoms with van der Waals surface area (Å²) in [4.78, 5) is 0. The van der Waals surface area contributed by atoms with Gasteiger partial charge in [0.05, 0.1) is 0 Å². The Labute approximate surface area is 51.0 Å². The molecular weight excluding hydrogens is 104 g/mol. The lowest BCUT2D eigenvalue weighted by Crippen LogP contribution is -1.79. The summed E-state index contributed by atoms with van der Waals surface area (Å²) in [6.45, 7) is 4.35. The third-order valence-corrected chi connectivity index (χ3v) is 0.896. The van der Waals surface area contributed by atoms with Gasteiger partial charge in [-0.2, -0.15) is 0 Å². The molecule has 1 heteroatoms. The number of hydrogen-bond donors (Lipinski definition) is 0. The Balaban J connectivity index is 2.97. The first kappa shape index (κ1) is 6.96. The fourth-order valence-electron chi connectivity index (χ4n) is 0.328. The minimum Gasteiger partial charge on any atom is -0.0891 e. The van der Waals surface area contributed by atoms with Gasteiger partial charge in [0.15, 0.2) is 0 Å². The third-order valence-electron chi connectivity index (χ3n) is 0.704. The van der Waals surface area contributed by atoms with Crippen LogP contribution in [-0.4, -0.2) is 0 Å². The molecule has 0 aliphatic carbocycles. The molecule has 0 N–H and O–H groups in total. The highest BCUT2D eigenvalue weighted by molar-refractivity contribution is 7.83. The molecule has 0 nitrogen and oxygen atoms in total. The smallest absolute Gasteiger partial charge is 0.00264 e. The van der Waals surface area contributed by atoms with Crippen molar-refractivity contribution in [2.75, 3.05) is 0 Å². The van der Waals surface area contributed by atoms with Crippen molar-refractivity contribution < 1.29 is 0 Å². The molecule has 0 unspecified atom stereocenters. The third kappa shape index (κ3) is 5.96. The van der Waals surface area contributed by atoms with Gasteiger partial charge in [-0.15, -0.1) is 0 Å². The second-order valence-corrected chi connectivity index (χ2v) is 2.27. The van der Waals surface area contributed by atoms with Gasteiger partial charge in [0.1, 0.15) is 0 Å². The fourth-order valence-corrected chi connectivity index (χ4v) is 0.439. The van der Waals surface area contributed by atoms with E-state index in [1.54, 1.807) is 5.41 Å². The van der Waals surface area contributed by atoms with Crippen molar-refractivity contribution in [1.29, 1.82) is 0 Å². The minimum absolute atomic E-state index is 0.749. The van der Waals surface area contributed by atoms with Gasteiger partial charge in [-0.05, 0) is 17.7 Å².